The fourth-order valence-corrected chi connectivity index (χ4v) is 3.68. The molecule has 0 aromatic carbocycles. The standard InChI is InChI=1S/C12H18N5O5PS2/c1-24-25-6-20-7-2-9(22-8(7)3-21-23(18)19)17-5-16-10-11(13)14-4-15-12(10)17/h4-5,7-9,23H,2-3,6H2,1H3,(H,18,19)(H2,13,14,15)/t7?,8-,9-/m1/s1. The van der Waals surface area contributed by atoms with Gasteiger partial charge >= 0.3 is 8.25 Å². The van der Waals surface area contributed by atoms with Crippen LogP contribution >= 0.6 is 29.8 Å². The van der Waals surface area contributed by atoms with Crippen LogP contribution in [-0.4, -0.2) is 55.4 Å². The number of rotatable bonds is 8. The first kappa shape index (κ1) is 18.9. The smallest absolute Gasteiger partial charge is 0.316 e. The summed E-state index contributed by atoms with van der Waals surface area (Å²) in [6.45, 7) is -0.0247. The summed E-state index contributed by atoms with van der Waals surface area (Å²) < 4.78 is 29.3. The van der Waals surface area contributed by atoms with Gasteiger partial charge in [-0.05, 0) is 6.26 Å². The molecule has 25 heavy (non-hydrogen) atoms. The molecule has 0 spiro atoms. The summed E-state index contributed by atoms with van der Waals surface area (Å²) in [6.07, 6.45) is 4.32. The molecule has 3 N–H and O–H groups in total. The predicted octanol–water partition coefficient (Wildman–Crippen LogP) is 1.45. The van der Waals surface area contributed by atoms with Crippen molar-refractivity contribution in [3.63, 3.8) is 0 Å². The Bertz CT molecular complexity index is 750. The SMILES string of the molecule is CSSCOC1C[C@H](n2cnc3c(N)ncnc32)O[C@@H]1CO[PH](=O)O. The summed E-state index contributed by atoms with van der Waals surface area (Å²) in [6, 6.07) is 0. The number of ether oxygens (including phenoxy) is 2. The van der Waals surface area contributed by atoms with E-state index in [1.807, 2.05) is 6.26 Å². The van der Waals surface area contributed by atoms with E-state index in [9.17, 15) is 4.57 Å². The van der Waals surface area contributed by atoms with E-state index >= 15 is 0 Å². The molecule has 1 saturated heterocycles. The molecule has 0 bridgehead atoms. The van der Waals surface area contributed by atoms with Crippen LogP contribution in [0.1, 0.15) is 12.6 Å². The van der Waals surface area contributed by atoms with Gasteiger partial charge in [0.2, 0.25) is 0 Å². The van der Waals surface area contributed by atoms with Crippen molar-refractivity contribution in [2.45, 2.75) is 24.9 Å². The summed E-state index contributed by atoms with van der Waals surface area (Å²) in [5.41, 5.74) is 6.87. The van der Waals surface area contributed by atoms with E-state index in [2.05, 4.69) is 15.0 Å². The second-order valence-corrected chi connectivity index (χ2v) is 8.46. The molecule has 2 aromatic rings. The minimum absolute atomic E-state index is 0.0247. The normalized spacial score (nSPS) is 24.8. The molecule has 138 valence electrons. The van der Waals surface area contributed by atoms with Crippen LogP contribution in [0.25, 0.3) is 11.2 Å². The summed E-state index contributed by atoms with van der Waals surface area (Å²) in [5.74, 6) is 0.775. The van der Waals surface area contributed by atoms with Gasteiger partial charge in [-0.3, -0.25) is 9.13 Å². The summed E-state index contributed by atoms with van der Waals surface area (Å²) in [7, 11) is 0.126. The van der Waals surface area contributed by atoms with Crippen LogP contribution in [0.3, 0.4) is 0 Å². The first-order valence-corrected chi connectivity index (χ1v) is 11.3. The van der Waals surface area contributed by atoms with Crippen molar-refractivity contribution in [2.75, 3.05) is 24.5 Å². The lowest BCUT2D eigenvalue weighted by atomic mass is 10.2. The number of nitrogens with zero attached hydrogens (tertiary/aromatic N) is 4. The average Bonchev–Trinajstić information content (AvgIpc) is 3.18. The monoisotopic (exact) mass is 407 g/mol. The van der Waals surface area contributed by atoms with Crippen molar-refractivity contribution >= 4 is 46.8 Å². The van der Waals surface area contributed by atoms with Crippen LogP contribution in [0.15, 0.2) is 12.7 Å². The average molecular weight is 407 g/mol. The van der Waals surface area contributed by atoms with Crippen molar-refractivity contribution in [1.29, 1.82) is 0 Å². The second kappa shape index (κ2) is 8.67. The van der Waals surface area contributed by atoms with E-state index in [1.54, 1.807) is 32.5 Å². The van der Waals surface area contributed by atoms with Crippen LogP contribution in [0.5, 0.6) is 0 Å². The highest BCUT2D eigenvalue weighted by Gasteiger charge is 2.38. The molecule has 1 fully saturated rings. The fourth-order valence-electron chi connectivity index (χ4n) is 2.59. The Balaban J connectivity index is 1.77. The van der Waals surface area contributed by atoms with Crippen molar-refractivity contribution in [2.24, 2.45) is 0 Å². The number of anilines is 1. The Labute approximate surface area is 152 Å². The first-order chi connectivity index (χ1) is 12.1. The minimum atomic E-state index is -3.03. The third-order valence-electron chi connectivity index (χ3n) is 3.70. The van der Waals surface area contributed by atoms with Gasteiger partial charge in [0, 0.05) is 6.42 Å². The summed E-state index contributed by atoms with van der Waals surface area (Å²) in [4.78, 5) is 21.3. The highest BCUT2D eigenvalue weighted by atomic mass is 33.1. The molecule has 4 atom stereocenters. The number of fused-ring (bicyclic) bond motifs is 1. The number of aromatic nitrogens is 4. The maximum absolute atomic E-state index is 10.9. The van der Waals surface area contributed by atoms with Crippen molar-refractivity contribution in [1.82, 2.24) is 19.5 Å². The molecule has 13 heteroatoms. The van der Waals surface area contributed by atoms with Crippen LogP contribution in [0.2, 0.25) is 0 Å². The molecule has 2 unspecified atom stereocenters. The molecular weight excluding hydrogens is 389 g/mol. The zero-order valence-electron chi connectivity index (χ0n) is 13.3. The summed E-state index contributed by atoms with van der Waals surface area (Å²) >= 11 is 0. The van der Waals surface area contributed by atoms with Gasteiger partial charge in [0.05, 0.1) is 19.0 Å². The first-order valence-electron chi connectivity index (χ1n) is 7.31. The van der Waals surface area contributed by atoms with Crippen LogP contribution in [0.4, 0.5) is 5.82 Å². The van der Waals surface area contributed by atoms with E-state index in [4.69, 9.17) is 24.6 Å². The number of nitrogens with two attached hydrogens (primary N) is 1. The van der Waals surface area contributed by atoms with E-state index < -0.39 is 20.6 Å². The zero-order chi connectivity index (χ0) is 17.8. The topological polar surface area (TPSA) is 135 Å². The predicted molar refractivity (Wildman–Crippen MR) is 96.3 cm³/mol. The van der Waals surface area contributed by atoms with Gasteiger partial charge in [-0.1, -0.05) is 21.6 Å². The van der Waals surface area contributed by atoms with Gasteiger partial charge in [0.15, 0.2) is 11.5 Å². The molecule has 10 nitrogen and oxygen atoms in total. The maximum Gasteiger partial charge on any atom is 0.316 e. The molecule has 3 rings (SSSR count). The minimum Gasteiger partial charge on any atom is -0.382 e. The lowest BCUT2D eigenvalue weighted by Gasteiger charge is -2.17. The van der Waals surface area contributed by atoms with E-state index in [0.717, 1.165) is 0 Å². The van der Waals surface area contributed by atoms with Crippen molar-refractivity contribution in [3.05, 3.63) is 12.7 Å². The number of hydrogen-bond donors (Lipinski definition) is 2. The number of hydrogen-bond acceptors (Lipinski definition) is 10. The van der Waals surface area contributed by atoms with Crippen LogP contribution in [-0.2, 0) is 18.6 Å². The third kappa shape index (κ3) is 4.45. The third-order valence-corrected chi connectivity index (χ3v) is 5.57. The van der Waals surface area contributed by atoms with Crippen molar-refractivity contribution in [3.8, 4) is 0 Å². The molecule has 0 amide bonds. The largest absolute Gasteiger partial charge is 0.382 e. The van der Waals surface area contributed by atoms with Gasteiger partial charge in [0.1, 0.15) is 30.1 Å². The van der Waals surface area contributed by atoms with Gasteiger partial charge < -0.3 is 24.6 Å². The number of nitrogen functional groups attached to an aromatic ring is 1. The molecule has 0 radical (unpaired) electrons. The molecule has 1 aliphatic heterocycles. The Morgan fingerprint density at radius 1 is 1.52 bits per heavy atom. The fraction of sp³-hybridized carbons (Fsp3) is 0.583. The lowest BCUT2D eigenvalue weighted by molar-refractivity contribution is -0.0486. The van der Waals surface area contributed by atoms with Gasteiger partial charge in [-0.15, -0.1) is 0 Å². The maximum atomic E-state index is 10.9. The highest BCUT2D eigenvalue weighted by molar-refractivity contribution is 8.76. The van der Waals surface area contributed by atoms with E-state index in [0.29, 0.717) is 29.3 Å². The molecular formula is C12H18N5O5PS2. The van der Waals surface area contributed by atoms with E-state index in [1.165, 1.54) is 6.33 Å². The molecule has 2 aromatic heterocycles. The molecule has 0 saturated carbocycles. The Hall–Kier alpha value is -0.880. The number of imidazole rings is 1. The van der Waals surface area contributed by atoms with Gasteiger partial charge in [-0.25, -0.2) is 15.0 Å². The van der Waals surface area contributed by atoms with Crippen LogP contribution in [0, 0.1) is 0 Å². The highest BCUT2D eigenvalue weighted by Crippen LogP contribution is 2.35. The van der Waals surface area contributed by atoms with Gasteiger partial charge in [-0.2, -0.15) is 0 Å². The summed E-state index contributed by atoms with van der Waals surface area (Å²) in [5, 5.41) is 0. The zero-order valence-corrected chi connectivity index (χ0v) is 15.9. The molecule has 0 aliphatic carbocycles. The Morgan fingerprint density at radius 2 is 2.36 bits per heavy atom. The Morgan fingerprint density at radius 3 is 3.12 bits per heavy atom. The Kier molecular flexibility index (Phi) is 6.55. The van der Waals surface area contributed by atoms with Gasteiger partial charge in [0.25, 0.3) is 0 Å². The second-order valence-electron chi connectivity index (χ2n) is 5.13. The van der Waals surface area contributed by atoms with E-state index in [-0.39, 0.29) is 12.7 Å². The molecule has 3 heterocycles. The quantitative estimate of drug-likeness (QED) is 0.285. The van der Waals surface area contributed by atoms with Crippen LogP contribution < -0.4 is 5.73 Å². The molecule has 1 aliphatic rings. The van der Waals surface area contributed by atoms with Crippen molar-refractivity contribution < 1.29 is 23.5 Å². The lowest BCUT2D eigenvalue weighted by Crippen LogP contribution is -2.28.